The molecule has 1 atom stereocenters. The molecule has 1 unspecified atom stereocenters. The lowest BCUT2D eigenvalue weighted by Gasteiger charge is -2.29. The van der Waals surface area contributed by atoms with Crippen LogP contribution in [0.1, 0.15) is 18.7 Å². The molecular formula is C14H18ClN3. The van der Waals surface area contributed by atoms with Crippen molar-refractivity contribution in [1.82, 2.24) is 14.3 Å². The van der Waals surface area contributed by atoms with E-state index in [1.54, 1.807) is 0 Å². The van der Waals surface area contributed by atoms with Crippen molar-refractivity contribution in [3.63, 3.8) is 0 Å². The van der Waals surface area contributed by atoms with E-state index in [4.69, 9.17) is 11.6 Å². The van der Waals surface area contributed by atoms with E-state index in [-0.39, 0.29) is 0 Å². The van der Waals surface area contributed by atoms with E-state index in [1.807, 2.05) is 24.5 Å². The summed E-state index contributed by atoms with van der Waals surface area (Å²) in [5, 5.41) is 0.766. The van der Waals surface area contributed by atoms with Crippen molar-refractivity contribution in [3.05, 3.63) is 35.4 Å². The van der Waals surface area contributed by atoms with Crippen LogP contribution < -0.4 is 0 Å². The minimum atomic E-state index is 0.716. The zero-order valence-corrected chi connectivity index (χ0v) is 11.4. The summed E-state index contributed by atoms with van der Waals surface area (Å²) in [6.07, 6.45) is 7.54. The molecule has 2 aromatic rings. The summed E-state index contributed by atoms with van der Waals surface area (Å²) in [6, 6.07) is 3.93. The van der Waals surface area contributed by atoms with Gasteiger partial charge in [0.25, 0.3) is 0 Å². The highest BCUT2D eigenvalue weighted by Gasteiger charge is 2.19. The Balaban J connectivity index is 1.83. The molecule has 18 heavy (non-hydrogen) atoms. The van der Waals surface area contributed by atoms with Crippen molar-refractivity contribution in [2.75, 3.05) is 20.1 Å². The molecule has 4 heteroatoms. The average molecular weight is 264 g/mol. The van der Waals surface area contributed by atoms with Crippen LogP contribution >= 0.6 is 11.6 Å². The summed E-state index contributed by atoms with van der Waals surface area (Å²) < 4.78 is 2.12. The van der Waals surface area contributed by atoms with Gasteiger partial charge in [0.2, 0.25) is 0 Å². The molecule has 0 aromatic carbocycles. The number of halogens is 1. The highest BCUT2D eigenvalue weighted by atomic mass is 35.5. The normalized spacial score (nSPS) is 21.6. The Labute approximate surface area is 112 Å². The predicted octanol–water partition coefficient (Wildman–Crippen LogP) is 2.87. The third-order valence-electron chi connectivity index (χ3n) is 3.76. The van der Waals surface area contributed by atoms with Crippen molar-refractivity contribution in [1.29, 1.82) is 0 Å². The summed E-state index contributed by atoms with van der Waals surface area (Å²) in [5.74, 6) is 1.85. The van der Waals surface area contributed by atoms with Crippen LogP contribution in [0.25, 0.3) is 5.52 Å². The van der Waals surface area contributed by atoms with Crippen LogP contribution in [0.15, 0.2) is 24.5 Å². The number of imidazole rings is 1. The van der Waals surface area contributed by atoms with Crippen LogP contribution in [0, 0.1) is 5.92 Å². The number of hydrogen-bond acceptors (Lipinski definition) is 2. The highest BCUT2D eigenvalue weighted by Crippen LogP contribution is 2.21. The van der Waals surface area contributed by atoms with E-state index in [2.05, 4.69) is 21.3 Å². The van der Waals surface area contributed by atoms with Gasteiger partial charge in [0, 0.05) is 19.2 Å². The minimum absolute atomic E-state index is 0.716. The molecule has 1 fully saturated rings. The second-order valence-corrected chi connectivity index (χ2v) is 5.73. The molecule has 3 heterocycles. The van der Waals surface area contributed by atoms with E-state index in [1.165, 1.54) is 25.9 Å². The fourth-order valence-electron chi connectivity index (χ4n) is 2.87. The van der Waals surface area contributed by atoms with Crippen molar-refractivity contribution >= 4 is 17.1 Å². The van der Waals surface area contributed by atoms with Gasteiger partial charge >= 0.3 is 0 Å². The molecule has 0 N–H and O–H groups in total. The monoisotopic (exact) mass is 263 g/mol. The molecule has 2 aromatic heterocycles. The van der Waals surface area contributed by atoms with Gasteiger partial charge < -0.3 is 9.30 Å². The molecule has 0 aliphatic carbocycles. The van der Waals surface area contributed by atoms with Gasteiger partial charge in [-0.3, -0.25) is 0 Å². The standard InChI is InChI=1S/C14H18ClN3/c1-17-6-2-3-11(9-17)7-14-16-8-13-5-4-12(15)10-18(13)14/h4-5,8,10-11H,2-3,6-7,9H2,1H3. The maximum atomic E-state index is 6.06. The molecule has 3 rings (SSSR count). The van der Waals surface area contributed by atoms with Gasteiger partial charge in [0.1, 0.15) is 5.82 Å². The van der Waals surface area contributed by atoms with Gasteiger partial charge in [-0.05, 0) is 44.5 Å². The first-order valence-electron chi connectivity index (χ1n) is 6.52. The average Bonchev–Trinajstić information content (AvgIpc) is 2.72. The smallest absolute Gasteiger partial charge is 0.113 e. The van der Waals surface area contributed by atoms with Crippen molar-refractivity contribution in [2.24, 2.45) is 5.92 Å². The Kier molecular flexibility index (Phi) is 3.27. The Morgan fingerprint density at radius 3 is 3.17 bits per heavy atom. The Hall–Kier alpha value is -1.06. The lowest BCUT2D eigenvalue weighted by atomic mass is 9.95. The van der Waals surface area contributed by atoms with Gasteiger partial charge in [-0.25, -0.2) is 4.98 Å². The van der Waals surface area contributed by atoms with E-state index < -0.39 is 0 Å². The Morgan fingerprint density at radius 2 is 2.33 bits per heavy atom. The number of rotatable bonds is 2. The van der Waals surface area contributed by atoms with E-state index in [0.29, 0.717) is 5.92 Å². The summed E-state index contributed by atoms with van der Waals surface area (Å²) in [7, 11) is 2.20. The van der Waals surface area contributed by atoms with Crippen LogP contribution in [0.2, 0.25) is 5.02 Å². The second-order valence-electron chi connectivity index (χ2n) is 5.29. The number of hydrogen-bond donors (Lipinski definition) is 0. The number of likely N-dealkylation sites (tertiary alicyclic amines) is 1. The second kappa shape index (κ2) is 4.90. The van der Waals surface area contributed by atoms with E-state index >= 15 is 0 Å². The van der Waals surface area contributed by atoms with E-state index in [0.717, 1.165) is 22.8 Å². The number of nitrogens with zero attached hydrogens (tertiary/aromatic N) is 3. The highest BCUT2D eigenvalue weighted by molar-refractivity contribution is 6.30. The molecule has 0 bridgehead atoms. The van der Waals surface area contributed by atoms with Gasteiger partial charge in [-0.1, -0.05) is 11.6 Å². The zero-order valence-electron chi connectivity index (χ0n) is 10.6. The minimum Gasteiger partial charge on any atom is -0.306 e. The summed E-state index contributed by atoms with van der Waals surface area (Å²) in [5.41, 5.74) is 1.12. The fourth-order valence-corrected chi connectivity index (χ4v) is 3.03. The molecule has 0 radical (unpaired) electrons. The fraction of sp³-hybridized carbons (Fsp3) is 0.500. The first-order valence-corrected chi connectivity index (χ1v) is 6.90. The van der Waals surface area contributed by atoms with Crippen LogP contribution in [0.4, 0.5) is 0 Å². The Morgan fingerprint density at radius 1 is 1.44 bits per heavy atom. The molecule has 0 amide bonds. The molecule has 0 spiro atoms. The topological polar surface area (TPSA) is 20.5 Å². The third kappa shape index (κ3) is 2.38. The molecule has 1 saturated heterocycles. The van der Waals surface area contributed by atoms with Gasteiger partial charge in [-0.15, -0.1) is 0 Å². The largest absolute Gasteiger partial charge is 0.306 e. The third-order valence-corrected chi connectivity index (χ3v) is 3.98. The first-order chi connectivity index (χ1) is 8.72. The molecule has 3 nitrogen and oxygen atoms in total. The number of fused-ring (bicyclic) bond motifs is 1. The zero-order chi connectivity index (χ0) is 12.5. The van der Waals surface area contributed by atoms with Gasteiger partial charge in [0.05, 0.1) is 16.7 Å². The molecule has 1 aliphatic rings. The van der Waals surface area contributed by atoms with Gasteiger partial charge in [0.15, 0.2) is 0 Å². The molecular weight excluding hydrogens is 246 g/mol. The quantitative estimate of drug-likeness (QED) is 0.831. The predicted molar refractivity (Wildman–Crippen MR) is 74.1 cm³/mol. The number of piperidine rings is 1. The molecule has 96 valence electrons. The number of pyridine rings is 1. The summed E-state index contributed by atoms with van der Waals surface area (Å²) >= 11 is 6.06. The molecule has 0 saturated carbocycles. The van der Waals surface area contributed by atoms with Crippen LogP contribution in [-0.4, -0.2) is 34.4 Å². The summed E-state index contributed by atoms with van der Waals surface area (Å²) in [6.45, 7) is 2.40. The van der Waals surface area contributed by atoms with Gasteiger partial charge in [-0.2, -0.15) is 0 Å². The van der Waals surface area contributed by atoms with Crippen molar-refractivity contribution in [2.45, 2.75) is 19.3 Å². The van der Waals surface area contributed by atoms with E-state index in [9.17, 15) is 0 Å². The first kappa shape index (κ1) is 12.0. The van der Waals surface area contributed by atoms with Crippen LogP contribution in [0.5, 0.6) is 0 Å². The van der Waals surface area contributed by atoms with Crippen molar-refractivity contribution < 1.29 is 0 Å². The number of aromatic nitrogens is 2. The molecule has 1 aliphatic heterocycles. The van der Waals surface area contributed by atoms with Crippen LogP contribution in [0.3, 0.4) is 0 Å². The lowest BCUT2D eigenvalue weighted by Crippen LogP contribution is -2.33. The Bertz CT molecular complexity index is 549. The SMILES string of the molecule is CN1CCCC(Cc2ncc3ccc(Cl)cn23)C1. The lowest BCUT2D eigenvalue weighted by molar-refractivity contribution is 0.207. The van der Waals surface area contributed by atoms with Crippen molar-refractivity contribution in [3.8, 4) is 0 Å². The maximum absolute atomic E-state index is 6.06. The summed E-state index contributed by atoms with van der Waals surface area (Å²) in [4.78, 5) is 6.95. The van der Waals surface area contributed by atoms with Crippen LogP contribution in [-0.2, 0) is 6.42 Å². The maximum Gasteiger partial charge on any atom is 0.113 e.